The average molecular weight is 180 g/mol. The molecule has 1 aromatic rings. The third-order valence-electron chi connectivity index (χ3n) is 1.82. The molecule has 0 aliphatic rings. The van der Waals surface area contributed by atoms with E-state index in [4.69, 9.17) is 0 Å². The van der Waals surface area contributed by atoms with Gasteiger partial charge >= 0.3 is 5.97 Å². The Hall–Kier alpha value is -1.45. The van der Waals surface area contributed by atoms with E-state index in [1.165, 1.54) is 7.11 Å². The van der Waals surface area contributed by atoms with E-state index in [-0.39, 0.29) is 5.97 Å². The third kappa shape index (κ3) is 1.83. The quantitative estimate of drug-likeness (QED) is 0.635. The molecule has 0 amide bonds. The fourth-order valence-electron chi connectivity index (χ4n) is 0.968. The monoisotopic (exact) mass is 180 g/mol. The van der Waals surface area contributed by atoms with Gasteiger partial charge in [-0.2, -0.15) is 0 Å². The van der Waals surface area contributed by atoms with Gasteiger partial charge in [-0.1, -0.05) is 0 Å². The van der Waals surface area contributed by atoms with Crippen LogP contribution in [0.15, 0.2) is 18.5 Å². The molecule has 0 bridgehead atoms. The van der Waals surface area contributed by atoms with Crippen molar-refractivity contribution in [1.29, 1.82) is 0 Å². The molecule has 0 unspecified atom stereocenters. The molecule has 1 heterocycles. The van der Waals surface area contributed by atoms with Gasteiger partial charge in [0.25, 0.3) is 0 Å². The molecular formula is C9H12N2O2. The second kappa shape index (κ2) is 3.51. The summed E-state index contributed by atoms with van der Waals surface area (Å²) in [5, 5.41) is 0. The van der Waals surface area contributed by atoms with Crippen molar-refractivity contribution in [3.63, 3.8) is 0 Å². The minimum atomic E-state index is -0.782. The Balaban J connectivity index is 3.00. The summed E-state index contributed by atoms with van der Waals surface area (Å²) in [6, 6.07) is 1.71. The van der Waals surface area contributed by atoms with E-state index in [1.807, 2.05) is 0 Å². The van der Waals surface area contributed by atoms with Crippen LogP contribution in [0.25, 0.3) is 0 Å². The molecule has 1 aromatic heterocycles. The van der Waals surface area contributed by atoms with E-state index in [1.54, 1.807) is 32.3 Å². The van der Waals surface area contributed by atoms with Gasteiger partial charge in [0, 0.05) is 12.4 Å². The number of esters is 1. The highest BCUT2D eigenvalue weighted by Gasteiger charge is 2.33. The fourth-order valence-corrected chi connectivity index (χ4v) is 0.968. The molecule has 0 saturated carbocycles. The molecule has 4 nitrogen and oxygen atoms in total. The summed E-state index contributed by atoms with van der Waals surface area (Å²) in [5.41, 5.74) is -0.782. The first kappa shape index (κ1) is 9.64. The van der Waals surface area contributed by atoms with Crippen molar-refractivity contribution >= 4 is 5.97 Å². The van der Waals surface area contributed by atoms with E-state index >= 15 is 0 Å². The summed E-state index contributed by atoms with van der Waals surface area (Å²) in [6.45, 7) is 3.46. The van der Waals surface area contributed by atoms with Crippen LogP contribution >= 0.6 is 0 Å². The number of hydrogen-bond donors (Lipinski definition) is 0. The standard InChI is InChI=1S/C9H12N2O2/c1-9(2,8(12)13-3)7-10-5-4-6-11-7/h4-6H,1-3H3. The van der Waals surface area contributed by atoms with Gasteiger partial charge in [0.2, 0.25) is 0 Å². The summed E-state index contributed by atoms with van der Waals surface area (Å²) in [7, 11) is 1.35. The Bertz CT molecular complexity index is 296. The van der Waals surface area contributed by atoms with Crippen LogP contribution in [-0.2, 0) is 14.9 Å². The highest BCUT2D eigenvalue weighted by atomic mass is 16.5. The molecular weight excluding hydrogens is 168 g/mol. The maximum Gasteiger partial charge on any atom is 0.318 e. The van der Waals surface area contributed by atoms with Crippen LogP contribution in [-0.4, -0.2) is 23.0 Å². The maximum atomic E-state index is 11.3. The van der Waals surface area contributed by atoms with Gasteiger partial charge in [-0.05, 0) is 19.9 Å². The minimum Gasteiger partial charge on any atom is -0.468 e. The lowest BCUT2D eigenvalue weighted by Gasteiger charge is -2.18. The van der Waals surface area contributed by atoms with E-state index in [0.717, 1.165) is 0 Å². The lowest BCUT2D eigenvalue weighted by molar-refractivity contribution is -0.146. The molecule has 0 radical (unpaired) electrons. The topological polar surface area (TPSA) is 52.1 Å². The number of carbonyl (C=O) groups excluding carboxylic acids is 1. The van der Waals surface area contributed by atoms with Crippen molar-refractivity contribution in [2.24, 2.45) is 0 Å². The van der Waals surface area contributed by atoms with Crippen molar-refractivity contribution < 1.29 is 9.53 Å². The Morgan fingerprint density at radius 3 is 2.38 bits per heavy atom. The number of nitrogens with zero attached hydrogens (tertiary/aromatic N) is 2. The molecule has 0 aromatic carbocycles. The Morgan fingerprint density at radius 1 is 1.38 bits per heavy atom. The predicted molar refractivity (Wildman–Crippen MR) is 47.1 cm³/mol. The first-order chi connectivity index (χ1) is 6.09. The zero-order valence-corrected chi connectivity index (χ0v) is 7.94. The summed E-state index contributed by atoms with van der Waals surface area (Å²) in [5.74, 6) is 0.139. The second-order valence-electron chi connectivity index (χ2n) is 3.19. The van der Waals surface area contributed by atoms with Crippen LogP contribution in [0.2, 0.25) is 0 Å². The number of carbonyl (C=O) groups is 1. The molecule has 0 N–H and O–H groups in total. The number of ether oxygens (including phenoxy) is 1. The lowest BCUT2D eigenvalue weighted by atomic mass is 9.93. The Kier molecular flexibility index (Phi) is 2.60. The number of aromatic nitrogens is 2. The van der Waals surface area contributed by atoms with Crippen molar-refractivity contribution in [2.45, 2.75) is 19.3 Å². The SMILES string of the molecule is COC(=O)C(C)(C)c1ncccn1. The number of methoxy groups -OCH3 is 1. The zero-order valence-electron chi connectivity index (χ0n) is 7.94. The molecule has 1 rings (SSSR count). The minimum absolute atomic E-state index is 0.335. The molecule has 0 aliphatic heterocycles. The van der Waals surface area contributed by atoms with Gasteiger partial charge in [-0.3, -0.25) is 4.79 Å². The summed E-state index contributed by atoms with van der Waals surface area (Å²) in [6.07, 6.45) is 3.21. The molecule has 0 spiro atoms. The van der Waals surface area contributed by atoms with Crippen molar-refractivity contribution in [1.82, 2.24) is 9.97 Å². The summed E-state index contributed by atoms with van der Waals surface area (Å²) in [4.78, 5) is 19.3. The average Bonchev–Trinajstić information content (AvgIpc) is 2.18. The highest BCUT2D eigenvalue weighted by molar-refractivity contribution is 5.80. The van der Waals surface area contributed by atoms with Crippen LogP contribution in [0, 0.1) is 0 Å². The van der Waals surface area contributed by atoms with Gasteiger partial charge in [0.1, 0.15) is 11.2 Å². The Morgan fingerprint density at radius 2 is 1.92 bits per heavy atom. The van der Waals surface area contributed by atoms with Crippen LogP contribution in [0.5, 0.6) is 0 Å². The van der Waals surface area contributed by atoms with Crippen LogP contribution in [0.1, 0.15) is 19.7 Å². The second-order valence-corrected chi connectivity index (χ2v) is 3.19. The van der Waals surface area contributed by atoms with Crippen molar-refractivity contribution in [3.8, 4) is 0 Å². The molecule has 0 fully saturated rings. The summed E-state index contributed by atoms with van der Waals surface area (Å²) >= 11 is 0. The van der Waals surface area contributed by atoms with Gasteiger partial charge in [0.05, 0.1) is 7.11 Å². The Labute approximate surface area is 77.0 Å². The van der Waals surface area contributed by atoms with Gasteiger partial charge in [-0.15, -0.1) is 0 Å². The van der Waals surface area contributed by atoms with Gasteiger partial charge in [-0.25, -0.2) is 9.97 Å². The number of rotatable bonds is 2. The normalized spacial score (nSPS) is 11.0. The molecule has 4 heteroatoms. The molecule has 13 heavy (non-hydrogen) atoms. The highest BCUT2D eigenvalue weighted by Crippen LogP contribution is 2.19. The first-order valence-corrected chi connectivity index (χ1v) is 3.95. The third-order valence-corrected chi connectivity index (χ3v) is 1.82. The maximum absolute atomic E-state index is 11.3. The number of hydrogen-bond acceptors (Lipinski definition) is 4. The van der Waals surface area contributed by atoms with Crippen molar-refractivity contribution in [3.05, 3.63) is 24.3 Å². The van der Waals surface area contributed by atoms with Crippen molar-refractivity contribution in [2.75, 3.05) is 7.11 Å². The predicted octanol–water partition coefficient (Wildman–Crippen LogP) is 0.927. The van der Waals surface area contributed by atoms with E-state index < -0.39 is 5.41 Å². The molecule has 70 valence electrons. The molecule has 0 aliphatic carbocycles. The van der Waals surface area contributed by atoms with Gasteiger partial charge in [0.15, 0.2) is 0 Å². The van der Waals surface area contributed by atoms with E-state index in [0.29, 0.717) is 5.82 Å². The van der Waals surface area contributed by atoms with Gasteiger partial charge < -0.3 is 4.74 Å². The smallest absolute Gasteiger partial charge is 0.318 e. The van der Waals surface area contributed by atoms with Crippen LogP contribution < -0.4 is 0 Å². The van der Waals surface area contributed by atoms with Crippen LogP contribution in [0.3, 0.4) is 0 Å². The van der Waals surface area contributed by atoms with E-state index in [9.17, 15) is 4.79 Å². The lowest BCUT2D eigenvalue weighted by Crippen LogP contribution is -2.32. The van der Waals surface area contributed by atoms with Crippen LogP contribution in [0.4, 0.5) is 0 Å². The molecule has 0 saturated heterocycles. The largest absolute Gasteiger partial charge is 0.468 e. The van der Waals surface area contributed by atoms with E-state index in [2.05, 4.69) is 14.7 Å². The first-order valence-electron chi connectivity index (χ1n) is 3.95. The molecule has 0 atom stereocenters. The fraction of sp³-hybridized carbons (Fsp3) is 0.444. The summed E-state index contributed by atoms with van der Waals surface area (Å²) < 4.78 is 4.65. The zero-order chi connectivity index (χ0) is 9.90.